The number of rotatable bonds is 6. The van der Waals surface area contributed by atoms with Crippen molar-refractivity contribution >= 4 is 0 Å². The van der Waals surface area contributed by atoms with Gasteiger partial charge in [-0.05, 0) is 18.4 Å². The van der Waals surface area contributed by atoms with Crippen molar-refractivity contribution in [2.75, 3.05) is 0 Å². The van der Waals surface area contributed by atoms with Crippen molar-refractivity contribution in [3.63, 3.8) is 0 Å². The lowest BCUT2D eigenvalue weighted by Gasteiger charge is -2.15. The quantitative estimate of drug-likeness (QED) is 0.700. The molecule has 3 aromatic heterocycles. The van der Waals surface area contributed by atoms with Crippen molar-refractivity contribution in [1.82, 2.24) is 29.7 Å². The number of aromatic nitrogens is 6. The zero-order valence-corrected chi connectivity index (χ0v) is 10.5. The van der Waals surface area contributed by atoms with E-state index >= 15 is 0 Å². The Kier molecular flexibility index (Phi) is 3.40. The van der Waals surface area contributed by atoms with Crippen LogP contribution in [-0.4, -0.2) is 29.7 Å². The summed E-state index contributed by atoms with van der Waals surface area (Å²) in [6.07, 6.45) is 12.9. The summed E-state index contributed by atoms with van der Waals surface area (Å²) in [7, 11) is 0. The van der Waals surface area contributed by atoms with Gasteiger partial charge in [-0.15, -0.1) is 0 Å². The van der Waals surface area contributed by atoms with Crippen LogP contribution in [0.3, 0.4) is 0 Å². The average Bonchev–Trinajstić information content (AvgIpc) is 3.10. The first-order chi connectivity index (χ1) is 9.40. The second-order valence-electron chi connectivity index (χ2n) is 4.65. The van der Waals surface area contributed by atoms with Crippen LogP contribution in [-0.2, 0) is 19.4 Å². The van der Waals surface area contributed by atoms with E-state index in [4.69, 9.17) is 0 Å². The molecule has 0 spiro atoms. The van der Waals surface area contributed by atoms with E-state index in [1.54, 1.807) is 18.6 Å². The van der Waals surface area contributed by atoms with Crippen LogP contribution in [0.15, 0.2) is 43.4 Å². The van der Waals surface area contributed by atoms with Crippen LogP contribution in [0.5, 0.6) is 0 Å². The molecule has 6 heteroatoms. The summed E-state index contributed by atoms with van der Waals surface area (Å²) in [5.41, 5.74) is 1.15. The molecule has 3 aromatic rings. The molecule has 0 aromatic carbocycles. The SMILES string of the molecule is c1cn(CC(Cc2ccn[nH]2)Cc2ncc[nH]2)cn1. The number of hydrogen-bond donors (Lipinski definition) is 2. The van der Waals surface area contributed by atoms with Gasteiger partial charge in [0.1, 0.15) is 5.82 Å². The highest BCUT2D eigenvalue weighted by Gasteiger charge is 2.13. The van der Waals surface area contributed by atoms with Crippen LogP contribution in [0.1, 0.15) is 11.5 Å². The van der Waals surface area contributed by atoms with Crippen molar-refractivity contribution in [3.05, 3.63) is 54.9 Å². The van der Waals surface area contributed by atoms with E-state index in [9.17, 15) is 0 Å². The largest absolute Gasteiger partial charge is 0.349 e. The van der Waals surface area contributed by atoms with Gasteiger partial charge in [0, 0.05) is 49.6 Å². The number of aromatic amines is 2. The van der Waals surface area contributed by atoms with Gasteiger partial charge in [0.05, 0.1) is 6.33 Å². The maximum atomic E-state index is 4.31. The van der Waals surface area contributed by atoms with Gasteiger partial charge in [0.15, 0.2) is 0 Å². The first-order valence-electron chi connectivity index (χ1n) is 6.32. The Balaban J connectivity index is 1.70. The van der Waals surface area contributed by atoms with Gasteiger partial charge in [-0.2, -0.15) is 5.10 Å². The van der Waals surface area contributed by atoms with E-state index in [0.717, 1.165) is 30.9 Å². The third kappa shape index (κ3) is 3.09. The van der Waals surface area contributed by atoms with Gasteiger partial charge in [-0.1, -0.05) is 0 Å². The minimum Gasteiger partial charge on any atom is -0.349 e. The Morgan fingerprint density at radius 2 is 2.21 bits per heavy atom. The Hall–Kier alpha value is -2.37. The summed E-state index contributed by atoms with van der Waals surface area (Å²) >= 11 is 0. The van der Waals surface area contributed by atoms with Gasteiger partial charge in [0.2, 0.25) is 0 Å². The van der Waals surface area contributed by atoms with Crippen LogP contribution in [0.25, 0.3) is 0 Å². The highest BCUT2D eigenvalue weighted by molar-refractivity contribution is 5.01. The molecule has 0 radical (unpaired) electrons. The van der Waals surface area contributed by atoms with E-state index in [0.29, 0.717) is 5.92 Å². The van der Waals surface area contributed by atoms with Gasteiger partial charge in [0.25, 0.3) is 0 Å². The van der Waals surface area contributed by atoms with Crippen LogP contribution in [0, 0.1) is 5.92 Å². The highest BCUT2D eigenvalue weighted by atomic mass is 15.1. The molecule has 0 saturated carbocycles. The fourth-order valence-corrected chi connectivity index (χ4v) is 2.29. The first-order valence-corrected chi connectivity index (χ1v) is 6.32. The Bertz CT molecular complexity index is 481. The van der Waals surface area contributed by atoms with Gasteiger partial charge in [-0.25, -0.2) is 9.97 Å². The minimum atomic E-state index is 0.445. The molecule has 0 bridgehead atoms. The zero-order valence-electron chi connectivity index (χ0n) is 10.5. The molecular formula is C13H16N6. The number of imidazole rings is 2. The summed E-state index contributed by atoms with van der Waals surface area (Å²) in [5.74, 6) is 1.46. The number of H-pyrrole nitrogens is 2. The van der Waals surface area contributed by atoms with Crippen molar-refractivity contribution in [2.24, 2.45) is 5.92 Å². The summed E-state index contributed by atoms with van der Waals surface area (Å²) in [4.78, 5) is 11.6. The molecule has 0 amide bonds. The number of nitrogens with one attached hydrogen (secondary N) is 2. The molecular weight excluding hydrogens is 240 g/mol. The molecule has 0 aliphatic carbocycles. The lowest BCUT2D eigenvalue weighted by Crippen LogP contribution is -2.16. The predicted octanol–water partition coefficient (Wildman–Crippen LogP) is 1.43. The molecule has 98 valence electrons. The smallest absolute Gasteiger partial charge is 0.106 e. The van der Waals surface area contributed by atoms with Crippen molar-refractivity contribution in [3.8, 4) is 0 Å². The summed E-state index contributed by atoms with van der Waals surface area (Å²) in [5, 5.41) is 7.02. The Morgan fingerprint density at radius 1 is 1.21 bits per heavy atom. The Morgan fingerprint density at radius 3 is 2.89 bits per heavy atom. The number of hydrogen-bond acceptors (Lipinski definition) is 3. The van der Waals surface area contributed by atoms with Crippen LogP contribution in [0.4, 0.5) is 0 Å². The van der Waals surface area contributed by atoms with Crippen molar-refractivity contribution in [1.29, 1.82) is 0 Å². The predicted molar refractivity (Wildman–Crippen MR) is 70.3 cm³/mol. The second-order valence-corrected chi connectivity index (χ2v) is 4.65. The van der Waals surface area contributed by atoms with E-state index in [1.807, 2.05) is 24.8 Å². The molecule has 0 saturated heterocycles. The molecule has 0 fully saturated rings. The standard InChI is InChI=1S/C13H16N6/c1-2-17-18-12(1)7-11(8-13-15-3-4-16-13)9-19-6-5-14-10-19/h1-6,10-11H,7-9H2,(H,15,16)(H,17,18). The van der Waals surface area contributed by atoms with Crippen molar-refractivity contribution in [2.45, 2.75) is 19.4 Å². The van der Waals surface area contributed by atoms with E-state index in [-0.39, 0.29) is 0 Å². The van der Waals surface area contributed by atoms with Crippen LogP contribution in [0.2, 0.25) is 0 Å². The summed E-state index contributed by atoms with van der Waals surface area (Å²) in [6.45, 7) is 0.916. The van der Waals surface area contributed by atoms with Gasteiger partial charge in [-0.3, -0.25) is 5.10 Å². The van der Waals surface area contributed by atoms with Crippen LogP contribution < -0.4 is 0 Å². The fraction of sp³-hybridized carbons (Fsp3) is 0.308. The van der Waals surface area contributed by atoms with Crippen LogP contribution >= 0.6 is 0 Å². The minimum absolute atomic E-state index is 0.445. The maximum absolute atomic E-state index is 4.31. The topological polar surface area (TPSA) is 75.2 Å². The van der Waals surface area contributed by atoms with Gasteiger partial charge >= 0.3 is 0 Å². The van der Waals surface area contributed by atoms with E-state index < -0.39 is 0 Å². The van der Waals surface area contributed by atoms with E-state index in [1.165, 1.54) is 0 Å². The third-order valence-electron chi connectivity index (χ3n) is 3.13. The average molecular weight is 256 g/mol. The maximum Gasteiger partial charge on any atom is 0.106 e. The number of nitrogens with zero attached hydrogens (tertiary/aromatic N) is 4. The molecule has 6 nitrogen and oxygen atoms in total. The molecule has 3 heterocycles. The third-order valence-corrected chi connectivity index (χ3v) is 3.13. The van der Waals surface area contributed by atoms with Crippen molar-refractivity contribution < 1.29 is 0 Å². The lowest BCUT2D eigenvalue weighted by atomic mass is 9.99. The highest BCUT2D eigenvalue weighted by Crippen LogP contribution is 2.13. The summed E-state index contributed by atoms with van der Waals surface area (Å²) < 4.78 is 2.10. The molecule has 0 aliphatic heterocycles. The zero-order chi connectivity index (χ0) is 12.9. The second kappa shape index (κ2) is 5.51. The monoisotopic (exact) mass is 256 g/mol. The molecule has 19 heavy (non-hydrogen) atoms. The Labute approximate surface area is 110 Å². The first kappa shape index (κ1) is 11.7. The molecule has 0 aliphatic rings. The molecule has 3 rings (SSSR count). The lowest BCUT2D eigenvalue weighted by molar-refractivity contribution is 0.427. The fourth-order valence-electron chi connectivity index (χ4n) is 2.29. The summed E-state index contributed by atoms with van der Waals surface area (Å²) in [6, 6.07) is 2.02. The molecule has 2 N–H and O–H groups in total. The van der Waals surface area contributed by atoms with E-state index in [2.05, 4.69) is 29.7 Å². The molecule has 1 unspecified atom stereocenters. The normalized spacial score (nSPS) is 12.6. The molecule has 1 atom stereocenters. The van der Waals surface area contributed by atoms with Gasteiger partial charge < -0.3 is 9.55 Å².